The smallest absolute Gasteiger partial charge is 0.133 e. The quantitative estimate of drug-likeness (QED) is 0.499. The van der Waals surface area contributed by atoms with Crippen molar-refractivity contribution in [1.82, 2.24) is 0 Å². The Hall–Kier alpha value is -3.28. The van der Waals surface area contributed by atoms with Crippen LogP contribution >= 0.6 is 0 Å². The average molecular weight is 513 g/mol. The summed E-state index contributed by atoms with van der Waals surface area (Å²) in [6.07, 6.45) is 17.4. The zero-order valence-corrected chi connectivity index (χ0v) is 22.7. The number of rotatable bonds is 2. The number of phenols is 2. The molecule has 1 aliphatic heterocycles. The number of aliphatic imine (C=N–C) groups is 4. The van der Waals surface area contributed by atoms with Crippen LogP contribution in [0.3, 0.4) is 0 Å². The number of benzene rings is 2. The molecule has 200 valence electrons. The van der Waals surface area contributed by atoms with Gasteiger partial charge in [-0.1, -0.05) is 39.5 Å². The van der Waals surface area contributed by atoms with E-state index in [0.29, 0.717) is 0 Å². The lowest BCUT2D eigenvalue weighted by atomic mass is 9.90. The molecule has 38 heavy (non-hydrogen) atoms. The van der Waals surface area contributed by atoms with Crippen molar-refractivity contribution in [3.8, 4) is 11.5 Å². The molecule has 4 atom stereocenters. The summed E-state index contributed by atoms with van der Waals surface area (Å²) in [6.45, 7) is 4.25. The number of hydrogen-bond donors (Lipinski definition) is 2. The molecule has 1 heterocycles. The van der Waals surface area contributed by atoms with E-state index in [1.807, 2.05) is 49.1 Å². The van der Waals surface area contributed by atoms with Gasteiger partial charge in [0, 0.05) is 47.1 Å². The highest BCUT2D eigenvalue weighted by atomic mass is 16.3. The van der Waals surface area contributed by atoms with Gasteiger partial charge in [-0.15, -0.1) is 0 Å². The number of nitrogens with zero attached hydrogens (tertiary/aromatic N) is 4. The summed E-state index contributed by atoms with van der Waals surface area (Å²) >= 11 is 0. The first-order chi connectivity index (χ1) is 18.6. The molecule has 2 fully saturated rings. The van der Waals surface area contributed by atoms with Crippen LogP contribution in [-0.2, 0) is 12.8 Å². The SMILES string of the molecule is CCc1cc2c(O)c(c1)C=NC1CCCCC1N=Cc1cc(CC)cc(c1O)C=NC1CCCCC1N=C2. The molecule has 2 aliphatic carbocycles. The Morgan fingerprint density at radius 3 is 1.03 bits per heavy atom. The zero-order chi connectivity index (χ0) is 26.5. The fourth-order valence-corrected chi connectivity index (χ4v) is 5.87. The Labute approximate surface area is 226 Å². The molecule has 0 amide bonds. The third-order valence-electron chi connectivity index (χ3n) is 8.28. The van der Waals surface area contributed by atoms with Crippen molar-refractivity contribution in [2.45, 2.75) is 102 Å². The van der Waals surface area contributed by atoms with Gasteiger partial charge in [0.2, 0.25) is 0 Å². The first-order valence-corrected chi connectivity index (χ1v) is 14.4. The van der Waals surface area contributed by atoms with Crippen molar-refractivity contribution in [1.29, 1.82) is 0 Å². The molecule has 2 saturated carbocycles. The van der Waals surface area contributed by atoms with Crippen LogP contribution in [0, 0.1) is 0 Å². The maximum absolute atomic E-state index is 11.2. The lowest BCUT2D eigenvalue weighted by Crippen LogP contribution is -2.27. The Bertz CT molecular complexity index is 1080. The van der Waals surface area contributed by atoms with E-state index in [4.69, 9.17) is 20.0 Å². The third-order valence-corrected chi connectivity index (χ3v) is 8.28. The van der Waals surface area contributed by atoms with Crippen LogP contribution in [0.2, 0.25) is 0 Å². The summed E-state index contributed by atoms with van der Waals surface area (Å²) in [6, 6.07) is 8.28. The third kappa shape index (κ3) is 5.90. The number of aryl methyl sites for hydroxylation is 2. The van der Waals surface area contributed by atoms with E-state index in [9.17, 15) is 10.2 Å². The van der Waals surface area contributed by atoms with Crippen LogP contribution in [0.25, 0.3) is 0 Å². The van der Waals surface area contributed by atoms with Crippen molar-refractivity contribution >= 4 is 24.9 Å². The summed E-state index contributed by atoms with van der Waals surface area (Å²) in [5, 5.41) is 22.3. The summed E-state index contributed by atoms with van der Waals surface area (Å²) in [5.41, 5.74) is 5.23. The first kappa shape index (κ1) is 26.3. The molecule has 2 aromatic carbocycles. The first-order valence-electron chi connectivity index (χ1n) is 14.4. The standard InChI is InChI=1S/C32H40N4O2/c1-3-21-13-23-17-33-27-9-5-7-11-29(27)35-19-25-15-22(4-2)16-26(32(25)38)20-36-30-12-8-6-10-28(30)34-18-24(14-21)31(23)37/h13-20,27-30,37-38H,3-12H2,1-2H3. The molecule has 3 aliphatic rings. The molecule has 4 unspecified atom stereocenters. The Morgan fingerprint density at radius 1 is 0.526 bits per heavy atom. The van der Waals surface area contributed by atoms with E-state index in [2.05, 4.69) is 13.8 Å². The highest BCUT2D eigenvalue weighted by Crippen LogP contribution is 2.30. The van der Waals surface area contributed by atoms with Crippen LogP contribution in [0.4, 0.5) is 0 Å². The normalized spacial score (nSPS) is 25.3. The second-order valence-electron chi connectivity index (χ2n) is 10.9. The zero-order valence-electron chi connectivity index (χ0n) is 22.7. The molecule has 6 heteroatoms. The van der Waals surface area contributed by atoms with Gasteiger partial charge >= 0.3 is 0 Å². The number of hydrogen-bond acceptors (Lipinski definition) is 6. The predicted molar refractivity (Wildman–Crippen MR) is 157 cm³/mol. The van der Waals surface area contributed by atoms with Gasteiger partial charge in [0.1, 0.15) is 11.5 Å². The second-order valence-corrected chi connectivity index (χ2v) is 10.9. The molecule has 0 spiro atoms. The van der Waals surface area contributed by atoms with Crippen molar-refractivity contribution in [3.05, 3.63) is 57.6 Å². The largest absolute Gasteiger partial charge is 0.507 e. The summed E-state index contributed by atoms with van der Waals surface area (Å²) in [5.74, 6) is 0.462. The fraction of sp³-hybridized carbons (Fsp3) is 0.500. The van der Waals surface area contributed by atoms with Crippen molar-refractivity contribution in [3.63, 3.8) is 0 Å². The Kier molecular flexibility index (Phi) is 8.35. The van der Waals surface area contributed by atoms with Crippen molar-refractivity contribution in [2.24, 2.45) is 20.0 Å². The monoisotopic (exact) mass is 512 g/mol. The van der Waals surface area contributed by atoms with Crippen LogP contribution in [-0.4, -0.2) is 59.2 Å². The minimum atomic E-state index is 0.0428. The summed E-state index contributed by atoms with van der Waals surface area (Å²) in [4.78, 5) is 19.8. The van der Waals surface area contributed by atoms with Gasteiger partial charge in [-0.05, 0) is 73.9 Å². The van der Waals surface area contributed by atoms with Crippen LogP contribution in [0.5, 0.6) is 11.5 Å². The highest BCUT2D eigenvalue weighted by Gasteiger charge is 2.25. The highest BCUT2D eigenvalue weighted by molar-refractivity contribution is 5.93. The van der Waals surface area contributed by atoms with Crippen LogP contribution in [0.1, 0.15) is 98.6 Å². The van der Waals surface area contributed by atoms with Gasteiger partial charge in [0.25, 0.3) is 0 Å². The fourth-order valence-electron chi connectivity index (χ4n) is 5.87. The van der Waals surface area contributed by atoms with E-state index >= 15 is 0 Å². The molecule has 2 aromatic rings. The molecule has 0 aromatic heterocycles. The molecular formula is C32H40N4O2. The Balaban J connectivity index is 1.62. The number of phenolic OH excluding ortho intramolecular Hbond substituents is 2. The number of fused-ring (bicyclic) bond motifs is 6. The average Bonchev–Trinajstić information content (AvgIpc) is 2.95. The second kappa shape index (κ2) is 12.1. The van der Waals surface area contributed by atoms with Crippen LogP contribution < -0.4 is 0 Å². The topological polar surface area (TPSA) is 89.9 Å². The summed E-state index contributed by atoms with van der Waals surface area (Å²) < 4.78 is 0. The predicted octanol–water partition coefficient (Wildman–Crippen LogP) is 6.23. The minimum absolute atomic E-state index is 0.0428. The molecule has 0 radical (unpaired) electrons. The van der Waals surface area contributed by atoms with Gasteiger partial charge in [-0.2, -0.15) is 0 Å². The van der Waals surface area contributed by atoms with Gasteiger partial charge in [0.15, 0.2) is 0 Å². The van der Waals surface area contributed by atoms with E-state index in [1.165, 1.54) is 0 Å². The van der Waals surface area contributed by atoms with E-state index in [1.54, 1.807) is 0 Å². The maximum Gasteiger partial charge on any atom is 0.133 e. The molecular weight excluding hydrogens is 472 g/mol. The molecule has 0 saturated heterocycles. The Morgan fingerprint density at radius 2 is 0.789 bits per heavy atom. The lowest BCUT2D eigenvalue weighted by Gasteiger charge is -2.26. The maximum atomic E-state index is 11.2. The van der Waals surface area contributed by atoms with E-state index in [0.717, 1.165) is 97.6 Å². The van der Waals surface area contributed by atoms with Gasteiger partial charge < -0.3 is 10.2 Å². The van der Waals surface area contributed by atoms with Crippen molar-refractivity contribution < 1.29 is 10.2 Å². The molecule has 6 nitrogen and oxygen atoms in total. The molecule has 5 rings (SSSR count). The van der Waals surface area contributed by atoms with Gasteiger partial charge in [0.05, 0.1) is 24.2 Å². The van der Waals surface area contributed by atoms with Crippen molar-refractivity contribution in [2.75, 3.05) is 0 Å². The number of aromatic hydroxyl groups is 2. The lowest BCUT2D eigenvalue weighted by molar-refractivity contribution is 0.389. The van der Waals surface area contributed by atoms with Gasteiger partial charge in [-0.3, -0.25) is 20.0 Å². The molecule has 4 bridgehead atoms. The summed E-state index contributed by atoms with van der Waals surface area (Å²) in [7, 11) is 0. The van der Waals surface area contributed by atoms with Crippen LogP contribution in [0.15, 0.2) is 44.2 Å². The van der Waals surface area contributed by atoms with E-state index < -0.39 is 0 Å². The van der Waals surface area contributed by atoms with Gasteiger partial charge in [-0.25, -0.2) is 0 Å². The van der Waals surface area contributed by atoms with E-state index in [-0.39, 0.29) is 35.7 Å². The minimum Gasteiger partial charge on any atom is -0.507 e. The molecule has 2 N–H and O–H groups in total.